The van der Waals surface area contributed by atoms with E-state index in [0.717, 1.165) is 5.56 Å². The normalized spacial score (nSPS) is 10.4. The van der Waals surface area contributed by atoms with Crippen LogP contribution in [0.25, 0.3) is 0 Å². The number of carbonyl (C=O) groups excluding carboxylic acids is 1. The average Bonchev–Trinajstić information content (AvgIpc) is 2.77. The molecule has 0 aliphatic rings. The molecule has 0 aromatic heterocycles. The maximum atomic E-state index is 12.2. The summed E-state index contributed by atoms with van der Waals surface area (Å²) in [7, 11) is 0. The molecule has 9 heteroatoms. The van der Waals surface area contributed by atoms with Gasteiger partial charge in [0.05, 0.1) is 0 Å². The zero-order valence-corrected chi connectivity index (χ0v) is 20.7. The van der Waals surface area contributed by atoms with Gasteiger partial charge in [-0.2, -0.15) is 0 Å². The van der Waals surface area contributed by atoms with Crippen molar-refractivity contribution in [3.63, 3.8) is 0 Å². The fourth-order valence-corrected chi connectivity index (χ4v) is 2.77. The molecule has 2 aromatic rings. The highest BCUT2D eigenvalue weighted by molar-refractivity contribution is 5.93. The lowest BCUT2D eigenvalue weighted by atomic mass is 10.1. The Bertz CT molecular complexity index is 995. The molecule has 0 saturated heterocycles. The minimum atomic E-state index is -4.76. The number of phenolic OH excluding ortho intramolecular Hbond substituents is 2. The highest BCUT2D eigenvalue weighted by atomic mass is 19.4. The maximum absolute atomic E-state index is 12.2. The molecule has 0 aliphatic heterocycles. The highest BCUT2D eigenvalue weighted by Gasteiger charge is 2.31. The molecule has 0 aliphatic carbocycles. The van der Waals surface area contributed by atoms with Gasteiger partial charge < -0.3 is 19.8 Å². The monoisotopic (exact) mass is 494 g/mol. The molecule has 0 heterocycles. The van der Waals surface area contributed by atoms with Crippen molar-refractivity contribution in [2.75, 3.05) is 6.54 Å². The summed E-state index contributed by atoms with van der Waals surface area (Å²) < 4.78 is 40.6. The number of amides is 1. The Hall–Kier alpha value is -3.75. The molecule has 192 valence electrons. The van der Waals surface area contributed by atoms with E-state index in [1.54, 1.807) is 19.9 Å². The molecule has 0 bridgehead atoms. The summed E-state index contributed by atoms with van der Waals surface area (Å²) in [6, 6.07) is 8.78. The minimum absolute atomic E-state index is 0.0226. The van der Waals surface area contributed by atoms with Crippen LogP contribution in [-0.4, -0.2) is 40.1 Å². The summed E-state index contributed by atoms with van der Waals surface area (Å²) in [6.07, 6.45) is -1.82. The number of nitrogens with zero attached hydrogens (tertiary/aromatic N) is 2. The van der Waals surface area contributed by atoms with Crippen LogP contribution >= 0.6 is 0 Å². The highest BCUT2D eigenvalue weighted by Crippen LogP contribution is 2.29. The average molecular weight is 495 g/mol. The largest absolute Gasteiger partial charge is 0.573 e. The van der Waals surface area contributed by atoms with Gasteiger partial charge in [0.1, 0.15) is 11.4 Å². The van der Waals surface area contributed by atoms with Crippen LogP contribution in [0.15, 0.2) is 66.3 Å². The molecule has 0 fully saturated rings. The fourth-order valence-electron chi connectivity index (χ4n) is 2.77. The number of aromatic hydroxyl groups is 2. The van der Waals surface area contributed by atoms with Crippen molar-refractivity contribution in [1.29, 1.82) is 0 Å². The van der Waals surface area contributed by atoms with Crippen molar-refractivity contribution in [2.24, 2.45) is 4.99 Å². The van der Waals surface area contributed by atoms with Gasteiger partial charge in [0.15, 0.2) is 11.5 Å². The van der Waals surface area contributed by atoms with E-state index in [9.17, 15) is 18.0 Å². The maximum Gasteiger partial charge on any atom is 0.573 e. The number of alkyl halides is 3. The second-order valence-corrected chi connectivity index (χ2v) is 6.95. The van der Waals surface area contributed by atoms with E-state index in [1.165, 1.54) is 41.5 Å². The Balaban J connectivity index is 0.000000798. The lowest BCUT2D eigenvalue weighted by molar-refractivity contribution is -0.274. The standard InChI is InChI=1S/C16H17F3N2O2.C8H10O2.C2H6/c1-4-9-21(15(22)12(3)20-5-2)11-13-7-6-8-14(10-13)23-16(17,18)19;1-5-3-6(2)8(10)7(9)4-5;1-2/h4-8,10H,1,3,9,11H2,2H3;3-4,9-10H,1-2H3;1-2H3. The molecule has 2 N–H and O–H groups in total. The van der Waals surface area contributed by atoms with Crippen LogP contribution in [0.4, 0.5) is 13.2 Å². The molecule has 0 atom stereocenters. The molecule has 6 nitrogen and oxygen atoms in total. The number of hydrogen-bond acceptors (Lipinski definition) is 5. The van der Waals surface area contributed by atoms with Crippen molar-refractivity contribution in [3.8, 4) is 17.2 Å². The molecule has 35 heavy (non-hydrogen) atoms. The Morgan fingerprint density at radius 2 is 1.80 bits per heavy atom. The van der Waals surface area contributed by atoms with Gasteiger partial charge in [-0.1, -0.05) is 44.7 Å². The molecule has 2 aromatic carbocycles. The van der Waals surface area contributed by atoms with Crippen LogP contribution in [0.3, 0.4) is 0 Å². The first-order valence-corrected chi connectivity index (χ1v) is 10.8. The summed E-state index contributed by atoms with van der Waals surface area (Å²) >= 11 is 0. The lowest BCUT2D eigenvalue weighted by Crippen LogP contribution is -2.31. The van der Waals surface area contributed by atoms with Crippen molar-refractivity contribution in [1.82, 2.24) is 4.90 Å². The van der Waals surface area contributed by atoms with Gasteiger partial charge >= 0.3 is 6.36 Å². The third kappa shape index (κ3) is 11.8. The van der Waals surface area contributed by atoms with Gasteiger partial charge in [-0.25, -0.2) is 0 Å². The number of ether oxygens (including phenoxy) is 1. The fraction of sp³-hybridized carbons (Fsp3) is 0.308. The molecule has 0 saturated carbocycles. The summed E-state index contributed by atoms with van der Waals surface area (Å²) in [5, 5.41) is 18.1. The van der Waals surface area contributed by atoms with Crippen LogP contribution in [-0.2, 0) is 11.3 Å². The van der Waals surface area contributed by atoms with Gasteiger partial charge in [-0.3, -0.25) is 9.79 Å². The summed E-state index contributed by atoms with van der Waals surface area (Å²) in [4.78, 5) is 17.4. The van der Waals surface area contributed by atoms with E-state index in [-0.39, 0.29) is 36.0 Å². The molecule has 0 spiro atoms. The Labute approximate surface area is 204 Å². The van der Waals surface area contributed by atoms with Crippen molar-refractivity contribution in [3.05, 3.63) is 78.0 Å². The summed E-state index contributed by atoms with van der Waals surface area (Å²) in [6.45, 7) is 16.7. The molecular formula is C26H33F3N2O4. The number of carbonyl (C=O) groups is 1. The summed E-state index contributed by atoms with van der Waals surface area (Å²) in [5.41, 5.74) is 2.18. The van der Waals surface area contributed by atoms with E-state index in [2.05, 4.69) is 22.9 Å². The van der Waals surface area contributed by atoms with Gasteiger partial charge in [-0.05, 0) is 55.7 Å². The first-order chi connectivity index (χ1) is 16.4. The zero-order chi connectivity index (χ0) is 27.2. The molecule has 1 amide bonds. The molecular weight excluding hydrogens is 461 g/mol. The van der Waals surface area contributed by atoms with Crippen LogP contribution in [0, 0.1) is 13.8 Å². The van der Waals surface area contributed by atoms with Gasteiger partial charge in [0.25, 0.3) is 5.91 Å². The zero-order valence-electron chi connectivity index (χ0n) is 20.7. The minimum Gasteiger partial charge on any atom is -0.504 e. The molecule has 2 rings (SSSR count). The van der Waals surface area contributed by atoms with Crippen molar-refractivity contribution < 1.29 is 32.9 Å². The number of aryl methyl sites for hydroxylation is 2. The number of halogens is 3. The Morgan fingerprint density at radius 3 is 2.31 bits per heavy atom. The number of aliphatic imine (C=N–C) groups is 1. The molecule has 0 unspecified atom stereocenters. The smallest absolute Gasteiger partial charge is 0.504 e. The first kappa shape index (κ1) is 31.2. The van der Waals surface area contributed by atoms with E-state index in [4.69, 9.17) is 10.2 Å². The third-order valence-corrected chi connectivity index (χ3v) is 4.10. The van der Waals surface area contributed by atoms with Crippen LogP contribution in [0.2, 0.25) is 0 Å². The number of phenols is 2. The second kappa shape index (κ2) is 15.2. The number of benzene rings is 2. The topological polar surface area (TPSA) is 82.4 Å². The predicted molar refractivity (Wildman–Crippen MR) is 133 cm³/mol. The Kier molecular flexibility index (Phi) is 13.6. The van der Waals surface area contributed by atoms with Gasteiger partial charge in [0, 0.05) is 19.3 Å². The van der Waals surface area contributed by atoms with Crippen molar-refractivity contribution >= 4 is 12.1 Å². The van der Waals surface area contributed by atoms with E-state index >= 15 is 0 Å². The lowest BCUT2D eigenvalue weighted by Gasteiger charge is -2.21. The number of rotatable bonds is 7. The van der Waals surface area contributed by atoms with E-state index in [1.807, 2.05) is 26.8 Å². The van der Waals surface area contributed by atoms with Gasteiger partial charge in [0.2, 0.25) is 0 Å². The predicted octanol–water partition coefficient (Wildman–Crippen LogP) is 6.45. The van der Waals surface area contributed by atoms with E-state index < -0.39 is 12.3 Å². The van der Waals surface area contributed by atoms with Crippen LogP contribution in [0.1, 0.15) is 37.5 Å². The number of hydrogen-bond donors (Lipinski definition) is 2. The van der Waals surface area contributed by atoms with E-state index in [0.29, 0.717) is 11.1 Å². The van der Waals surface area contributed by atoms with Crippen molar-refractivity contribution in [2.45, 2.75) is 47.5 Å². The van der Waals surface area contributed by atoms with Gasteiger partial charge in [-0.15, -0.1) is 19.8 Å². The molecule has 0 radical (unpaired) electrons. The first-order valence-electron chi connectivity index (χ1n) is 10.8. The Morgan fingerprint density at radius 1 is 1.17 bits per heavy atom. The van der Waals surface area contributed by atoms with Crippen LogP contribution < -0.4 is 4.74 Å². The second-order valence-electron chi connectivity index (χ2n) is 6.95. The summed E-state index contributed by atoms with van der Waals surface area (Å²) in [5.74, 6) is -0.834. The SMILES string of the molecule is C=CCN(Cc1cccc(OC(F)(F)F)c1)C(=O)C(=C)N=CC.CC.Cc1cc(C)c(O)c(O)c1. The van der Waals surface area contributed by atoms with Crippen LogP contribution in [0.5, 0.6) is 17.2 Å². The quantitative estimate of drug-likeness (QED) is 0.201. The third-order valence-electron chi connectivity index (χ3n) is 4.10.